The summed E-state index contributed by atoms with van der Waals surface area (Å²) < 4.78 is 5.47. The zero-order chi connectivity index (χ0) is 31.5. The molecule has 4 rings (SSSR count). The number of phenols is 2. The number of carbonyl (C=O) groups is 3. The van der Waals surface area contributed by atoms with Crippen molar-refractivity contribution in [2.75, 3.05) is 5.32 Å². The third kappa shape index (κ3) is 7.99. The molecule has 4 N–H and O–H groups in total. The van der Waals surface area contributed by atoms with E-state index in [0.29, 0.717) is 34.7 Å². The lowest BCUT2D eigenvalue weighted by Gasteiger charge is -2.35. The number of hydrogen-bond donors (Lipinski definition) is 4. The number of aromatic hydroxyl groups is 2. The highest BCUT2D eigenvalue weighted by molar-refractivity contribution is 6.34. The molecule has 0 saturated heterocycles. The van der Waals surface area contributed by atoms with Gasteiger partial charge in [-0.25, -0.2) is 4.79 Å². The van der Waals surface area contributed by atoms with Crippen LogP contribution in [0.5, 0.6) is 11.5 Å². The molecule has 0 bridgehead atoms. The lowest BCUT2D eigenvalue weighted by atomic mass is 9.97. The number of nitrogens with zero attached hydrogens (tertiary/aromatic N) is 1. The first-order valence-electron chi connectivity index (χ1n) is 14.2. The van der Waals surface area contributed by atoms with Gasteiger partial charge in [0.2, 0.25) is 5.91 Å². The molecule has 3 aromatic rings. The Labute approximate surface area is 256 Å². The molecule has 228 valence electrons. The smallest absolute Gasteiger partial charge is 0.408 e. The average molecular weight is 608 g/mol. The lowest BCUT2D eigenvalue weighted by Crippen LogP contribution is -2.54. The van der Waals surface area contributed by atoms with Gasteiger partial charge in [0.25, 0.3) is 5.91 Å². The highest BCUT2D eigenvalue weighted by atomic mass is 35.5. The van der Waals surface area contributed by atoms with Crippen molar-refractivity contribution in [1.29, 1.82) is 0 Å². The molecule has 1 aliphatic rings. The average Bonchev–Trinajstić information content (AvgIpc) is 3.76. The van der Waals surface area contributed by atoms with Crippen molar-refractivity contribution < 1.29 is 29.3 Å². The van der Waals surface area contributed by atoms with Crippen molar-refractivity contribution in [3.8, 4) is 11.5 Å². The number of anilines is 1. The molecule has 0 spiro atoms. The maximum atomic E-state index is 14.5. The zero-order valence-electron chi connectivity index (χ0n) is 25.0. The molecule has 2 atom stereocenters. The SMILES string of the molecule is Cc1cccc(C(C(=O)Nc2c(C)cccc2Cl)N(C(=O)C(Cc2ccc(O)cc2)NC(=O)OC(C)(C)C)C2CC2)c1O. The Bertz CT molecular complexity index is 1480. The molecule has 43 heavy (non-hydrogen) atoms. The summed E-state index contributed by atoms with van der Waals surface area (Å²) in [5.74, 6) is -1.11. The van der Waals surface area contributed by atoms with Gasteiger partial charge in [0, 0.05) is 18.0 Å². The summed E-state index contributed by atoms with van der Waals surface area (Å²) in [5, 5.41) is 26.8. The van der Waals surface area contributed by atoms with Crippen molar-refractivity contribution in [3.05, 3.63) is 87.9 Å². The maximum Gasteiger partial charge on any atom is 0.408 e. The fourth-order valence-corrected chi connectivity index (χ4v) is 5.14. The Hall–Kier alpha value is -4.24. The third-order valence-electron chi connectivity index (χ3n) is 7.12. The van der Waals surface area contributed by atoms with Crippen molar-refractivity contribution in [1.82, 2.24) is 10.2 Å². The van der Waals surface area contributed by atoms with E-state index in [1.54, 1.807) is 70.2 Å². The molecule has 0 heterocycles. The number of ether oxygens (including phenoxy) is 1. The van der Waals surface area contributed by atoms with Crippen LogP contribution in [0.1, 0.15) is 61.9 Å². The number of rotatable bonds is 9. The predicted molar refractivity (Wildman–Crippen MR) is 165 cm³/mol. The number of alkyl carbamates (subject to hydrolysis) is 1. The van der Waals surface area contributed by atoms with E-state index >= 15 is 0 Å². The predicted octanol–water partition coefficient (Wildman–Crippen LogP) is 6.17. The van der Waals surface area contributed by atoms with Gasteiger partial charge in [-0.05, 0) is 82.3 Å². The van der Waals surface area contributed by atoms with Crippen LogP contribution in [-0.2, 0) is 20.7 Å². The maximum absolute atomic E-state index is 14.5. The minimum absolute atomic E-state index is 0.0628. The Morgan fingerprint density at radius 3 is 2.21 bits per heavy atom. The van der Waals surface area contributed by atoms with Crippen LogP contribution in [0.25, 0.3) is 0 Å². The molecular formula is C33H38ClN3O6. The number of aryl methyl sites for hydroxylation is 2. The highest BCUT2D eigenvalue weighted by Gasteiger charge is 2.45. The Balaban J connectivity index is 1.78. The van der Waals surface area contributed by atoms with Crippen LogP contribution >= 0.6 is 11.6 Å². The summed E-state index contributed by atoms with van der Waals surface area (Å²) in [5.41, 5.74) is 1.79. The molecule has 0 aromatic heterocycles. The molecular weight excluding hydrogens is 570 g/mol. The molecule has 1 fully saturated rings. The number of nitrogens with one attached hydrogen (secondary N) is 2. The molecule has 10 heteroatoms. The third-order valence-corrected chi connectivity index (χ3v) is 7.44. The molecule has 1 saturated carbocycles. The standard InChI is InChI=1S/C33H38ClN3O6/c1-19-8-7-11-25(34)27(19)36-30(40)28(24-10-6-9-20(2)29(24)39)37(22-14-15-22)31(41)26(35-32(42)43-33(3,4)5)18-21-12-16-23(38)17-13-21/h6-13,16-17,22,26,28,38-39H,14-15,18H2,1-5H3,(H,35,42)(H,36,40). The summed E-state index contributed by atoms with van der Waals surface area (Å²) >= 11 is 6.44. The minimum Gasteiger partial charge on any atom is -0.508 e. The normalized spacial score (nSPS) is 14.4. The van der Waals surface area contributed by atoms with E-state index in [4.69, 9.17) is 16.3 Å². The Morgan fingerprint density at radius 1 is 0.977 bits per heavy atom. The minimum atomic E-state index is -1.24. The fourth-order valence-electron chi connectivity index (χ4n) is 4.87. The van der Waals surface area contributed by atoms with E-state index in [1.165, 1.54) is 17.0 Å². The number of phenolic OH excluding ortho intramolecular Hbond substituents is 2. The lowest BCUT2D eigenvalue weighted by molar-refractivity contribution is -0.141. The number of benzene rings is 3. The molecule has 3 aromatic carbocycles. The van der Waals surface area contributed by atoms with Crippen molar-refractivity contribution in [2.45, 2.75) is 77.6 Å². The summed E-state index contributed by atoms with van der Waals surface area (Å²) in [7, 11) is 0. The largest absolute Gasteiger partial charge is 0.508 e. The first-order chi connectivity index (χ1) is 20.2. The number of para-hydroxylation sites is 2. The van der Waals surface area contributed by atoms with Gasteiger partial charge in [-0.2, -0.15) is 0 Å². The topological polar surface area (TPSA) is 128 Å². The van der Waals surface area contributed by atoms with Crippen LogP contribution in [0, 0.1) is 13.8 Å². The number of carbonyl (C=O) groups excluding carboxylic acids is 3. The summed E-state index contributed by atoms with van der Waals surface area (Å²) in [6, 6.07) is 13.9. The van der Waals surface area contributed by atoms with E-state index in [1.807, 2.05) is 13.0 Å². The molecule has 0 aliphatic heterocycles. The van der Waals surface area contributed by atoms with Crippen LogP contribution in [0.3, 0.4) is 0 Å². The van der Waals surface area contributed by atoms with Crippen LogP contribution in [0.2, 0.25) is 5.02 Å². The van der Waals surface area contributed by atoms with Crippen molar-refractivity contribution >= 4 is 35.2 Å². The van der Waals surface area contributed by atoms with Gasteiger partial charge in [-0.3, -0.25) is 9.59 Å². The van der Waals surface area contributed by atoms with Crippen LogP contribution in [0.15, 0.2) is 60.7 Å². The number of halogens is 1. The Kier molecular flexibility index (Phi) is 9.55. The summed E-state index contributed by atoms with van der Waals surface area (Å²) in [4.78, 5) is 43.1. The van der Waals surface area contributed by atoms with Crippen molar-refractivity contribution in [2.24, 2.45) is 0 Å². The van der Waals surface area contributed by atoms with Gasteiger partial charge in [-0.1, -0.05) is 54.1 Å². The van der Waals surface area contributed by atoms with Crippen molar-refractivity contribution in [3.63, 3.8) is 0 Å². The second-order valence-corrected chi connectivity index (χ2v) is 12.3. The van der Waals surface area contributed by atoms with Gasteiger partial charge in [0.15, 0.2) is 0 Å². The fraction of sp³-hybridized carbons (Fsp3) is 0.364. The van der Waals surface area contributed by atoms with E-state index in [0.717, 1.165) is 5.56 Å². The quantitative estimate of drug-likeness (QED) is 0.230. The van der Waals surface area contributed by atoms with E-state index in [9.17, 15) is 24.6 Å². The molecule has 9 nitrogen and oxygen atoms in total. The summed E-state index contributed by atoms with van der Waals surface area (Å²) in [6.45, 7) is 8.68. The first kappa shape index (κ1) is 31.7. The monoisotopic (exact) mass is 607 g/mol. The van der Waals surface area contributed by atoms with Crippen LogP contribution < -0.4 is 10.6 Å². The van der Waals surface area contributed by atoms with Crippen LogP contribution in [-0.4, -0.2) is 50.7 Å². The highest BCUT2D eigenvalue weighted by Crippen LogP contribution is 2.40. The number of amides is 3. The molecule has 0 radical (unpaired) electrons. The van der Waals surface area contributed by atoms with Gasteiger partial charge in [-0.15, -0.1) is 0 Å². The number of hydrogen-bond acceptors (Lipinski definition) is 6. The van der Waals surface area contributed by atoms with E-state index in [-0.39, 0.29) is 29.5 Å². The van der Waals surface area contributed by atoms with Gasteiger partial charge in [0.05, 0.1) is 10.7 Å². The molecule has 3 amide bonds. The molecule has 2 unspecified atom stereocenters. The van der Waals surface area contributed by atoms with E-state index in [2.05, 4.69) is 10.6 Å². The van der Waals surface area contributed by atoms with Gasteiger partial charge >= 0.3 is 6.09 Å². The first-order valence-corrected chi connectivity index (χ1v) is 14.6. The zero-order valence-corrected chi connectivity index (χ0v) is 25.7. The summed E-state index contributed by atoms with van der Waals surface area (Å²) in [6.07, 6.45) is 0.572. The van der Waals surface area contributed by atoms with E-state index < -0.39 is 35.6 Å². The van der Waals surface area contributed by atoms with Gasteiger partial charge < -0.3 is 30.5 Å². The Morgan fingerprint density at radius 2 is 1.60 bits per heavy atom. The molecule has 1 aliphatic carbocycles. The van der Waals surface area contributed by atoms with Gasteiger partial charge in [0.1, 0.15) is 29.2 Å². The second kappa shape index (κ2) is 13.0. The van der Waals surface area contributed by atoms with Crippen LogP contribution in [0.4, 0.5) is 10.5 Å². The second-order valence-electron chi connectivity index (χ2n) is 11.9.